The Kier molecular flexibility index (Phi) is 6.16. The number of fused-ring (bicyclic) bond motifs is 2. The largest absolute Gasteiger partial charge is 0.344 e. The molecule has 196 valence electrons. The van der Waals surface area contributed by atoms with Crippen LogP contribution in [0, 0.1) is 18.8 Å². The summed E-state index contributed by atoms with van der Waals surface area (Å²) in [7, 11) is 1.82. The van der Waals surface area contributed by atoms with Gasteiger partial charge in [-0.25, -0.2) is 15.0 Å². The van der Waals surface area contributed by atoms with Crippen molar-refractivity contribution in [3.05, 3.63) is 118 Å². The Morgan fingerprint density at radius 1 is 1.05 bits per heavy atom. The lowest BCUT2D eigenvalue weighted by Gasteiger charge is -2.19. The van der Waals surface area contributed by atoms with Crippen LogP contribution in [-0.2, 0) is 7.05 Å². The van der Waals surface area contributed by atoms with Crippen LogP contribution in [0.3, 0.4) is 0 Å². The van der Waals surface area contributed by atoms with E-state index in [1.165, 1.54) is 4.40 Å². The topological polar surface area (TPSA) is 111 Å². The number of aryl methyl sites for hydroxylation is 2. The lowest BCUT2D eigenvalue weighted by molar-refractivity contribution is 0.0939. The van der Waals surface area contributed by atoms with E-state index >= 15 is 0 Å². The molecule has 0 aliphatic rings. The Morgan fingerprint density at radius 3 is 2.65 bits per heavy atom. The van der Waals surface area contributed by atoms with Crippen LogP contribution in [0.25, 0.3) is 22.4 Å². The third kappa shape index (κ3) is 4.39. The zero-order valence-corrected chi connectivity index (χ0v) is 22.0. The summed E-state index contributed by atoms with van der Waals surface area (Å²) in [6.45, 7) is 3.57. The highest BCUT2D eigenvalue weighted by molar-refractivity contribution is 6.01. The highest BCUT2D eigenvalue weighted by Gasteiger charge is 2.24. The molecule has 0 fully saturated rings. The van der Waals surface area contributed by atoms with Crippen LogP contribution in [0.15, 0.2) is 84.4 Å². The van der Waals surface area contributed by atoms with Gasteiger partial charge in [0.2, 0.25) is 0 Å². The summed E-state index contributed by atoms with van der Waals surface area (Å²) >= 11 is 0. The third-order valence-corrected chi connectivity index (χ3v) is 6.59. The molecule has 1 unspecified atom stereocenters. The number of aromatic nitrogens is 7. The molecule has 6 aromatic rings. The standard InChI is InChI=1S/C30H24N8O2/c1-19-25(28-31-14-15-37(28)18-32-19)29(39)34-20(2)27-26(22-8-5-4-6-9-22)30(40)38-23(10-7-11-24(38)35-27)13-12-21-16-33-36(3)17-21/h4-11,14-18,20H,1-3H3,(H,34,39). The molecular weight excluding hydrogens is 504 g/mol. The number of nitrogens with zero attached hydrogens (tertiary/aromatic N) is 7. The number of carbonyl (C=O) groups excluding carboxylic acids is 1. The number of pyridine rings is 1. The maximum atomic E-state index is 14.1. The fraction of sp³-hybridized carbons (Fsp3) is 0.133. The first-order chi connectivity index (χ1) is 19.4. The van der Waals surface area contributed by atoms with Crippen molar-refractivity contribution in [2.24, 2.45) is 7.05 Å². The van der Waals surface area contributed by atoms with Gasteiger partial charge in [-0.15, -0.1) is 0 Å². The molecule has 0 radical (unpaired) electrons. The van der Waals surface area contributed by atoms with E-state index in [0.717, 1.165) is 5.56 Å². The van der Waals surface area contributed by atoms with Crippen LogP contribution in [0.5, 0.6) is 0 Å². The van der Waals surface area contributed by atoms with E-state index in [1.54, 1.807) is 65.3 Å². The van der Waals surface area contributed by atoms with Crippen molar-refractivity contribution >= 4 is 17.2 Å². The average molecular weight is 529 g/mol. The predicted octanol–water partition coefficient (Wildman–Crippen LogP) is 3.34. The highest BCUT2D eigenvalue weighted by Crippen LogP contribution is 2.25. The number of benzene rings is 1. The second-order valence-electron chi connectivity index (χ2n) is 9.36. The fourth-order valence-electron chi connectivity index (χ4n) is 4.69. The molecule has 1 N–H and O–H groups in total. The van der Waals surface area contributed by atoms with Crippen molar-refractivity contribution in [2.45, 2.75) is 19.9 Å². The monoisotopic (exact) mass is 528 g/mol. The lowest BCUT2D eigenvalue weighted by Crippen LogP contribution is -2.31. The van der Waals surface area contributed by atoms with Crippen LogP contribution in [-0.4, -0.2) is 39.4 Å². The number of amides is 1. The molecule has 0 aliphatic heterocycles. The summed E-state index contributed by atoms with van der Waals surface area (Å²) in [5.74, 6) is 5.81. The van der Waals surface area contributed by atoms with Gasteiger partial charge in [0.05, 0.1) is 34.8 Å². The molecule has 1 amide bonds. The van der Waals surface area contributed by atoms with Gasteiger partial charge in [-0.1, -0.05) is 42.3 Å². The van der Waals surface area contributed by atoms with E-state index in [4.69, 9.17) is 4.98 Å². The molecule has 5 heterocycles. The molecule has 10 heteroatoms. The Labute approximate surface area is 229 Å². The molecule has 0 bridgehead atoms. The van der Waals surface area contributed by atoms with E-state index in [-0.39, 0.29) is 11.5 Å². The molecule has 0 saturated heterocycles. The maximum Gasteiger partial charge on any atom is 0.267 e. The third-order valence-electron chi connectivity index (χ3n) is 6.59. The van der Waals surface area contributed by atoms with Crippen molar-refractivity contribution in [1.82, 2.24) is 38.9 Å². The van der Waals surface area contributed by atoms with Crippen LogP contribution >= 0.6 is 0 Å². The van der Waals surface area contributed by atoms with Gasteiger partial charge in [-0.3, -0.25) is 23.1 Å². The van der Waals surface area contributed by atoms with Crippen molar-refractivity contribution < 1.29 is 4.79 Å². The average Bonchev–Trinajstić information content (AvgIpc) is 3.60. The van der Waals surface area contributed by atoms with E-state index in [2.05, 4.69) is 32.2 Å². The fourth-order valence-corrected chi connectivity index (χ4v) is 4.69. The number of hydrogen-bond donors (Lipinski definition) is 1. The summed E-state index contributed by atoms with van der Waals surface area (Å²) in [5, 5.41) is 7.17. The van der Waals surface area contributed by atoms with Gasteiger partial charge in [0.25, 0.3) is 11.5 Å². The molecule has 5 aromatic heterocycles. The van der Waals surface area contributed by atoms with Gasteiger partial charge in [0.15, 0.2) is 5.65 Å². The summed E-state index contributed by atoms with van der Waals surface area (Å²) < 4.78 is 4.86. The van der Waals surface area contributed by atoms with E-state index < -0.39 is 6.04 Å². The quantitative estimate of drug-likeness (QED) is 0.352. The molecule has 0 saturated carbocycles. The Bertz CT molecular complexity index is 2030. The number of carbonyl (C=O) groups is 1. The molecule has 40 heavy (non-hydrogen) atoms. The molecular formula is C30H24N8O2. The SMILES string of the molecule is Cc1ncn2ccnc2c1C(=O)NC(C)c1nc2cccc(C#Cc3cnn(C)c3)n2c(=O)c1-c1ccccc1. The van der Waals surface area contributed by atoms with Crippen LogP contribution < -0.4 is 10.9 Å². The molecule has 0 aliphatic carbocycles. The first-order valence-corrected chi connectivity index (χ1v) is 12.6. The highest BCUT2D eigenvalue weighted by atomic mass is 16.2. The Morgan fingerprint density at radius 2 is 1.88 bits per heavy atom. The number of hydrogen-bond acceptors (Lipinski definition) is 6. The van der Waals surface area contributed by atoms with E-state index in [0.29, 0.717) is 45.1 Å². The molecule has 6 rings (SSSR count). The van der Waals surface area contributed by atoms with Crippen LogP contribution in [0.4, 0.5) is 0 Å². The zero-order chi connectivity index (χ0) is 27.8. The first kappa shape index (κ1) is 24.8. The Hall–Kier alpha value is -5.56. The van der Waals surface area contributed by atoms with Crippen molar-refractivity contribution in [1.29, 1.82) is 0 Å². The van der Waals surface area contributed by atoms with E-state index in [1.807, 2.05) is 44.3 Å². The summed E-state index contributed by atoms with van der Waals surface area (Å²) in [6, 6.07) is 14.0. The number of nitrogens with one attached hydrogen (secondary N) is 1. The Balaban J connectivity index is 1.48. The predicted molar refractivity (Wildman–Crippen MR) is 150 cm³/mol. The second kappa shape index (κ2) is 9.96. The van der Waals surface area contributed by atoms with Crippen molar-refractivity contribution in [3.63, 3.8) is 0 Å². The van der Waals surface area contributed by atoms with E-state index in [9.17, 15) is 9.59 Å². The summed E-state index contributed by atoms with van der Waals surface area (Å²) in [6.07, 6.45) is 8.43. The summed E-state index contributed by atoms with van der Waals surface area (Å²) in [5.41, 5.74) is 4.31. The van der Waals surface area contributed by atoms with Crippen LogP contribution in [0.2, 0.25) is 0 Å². The number of rotatable bonds is 4. The maximum absolute atomic E-state index is 14.1. The smallest absolute Gasteiger partial charge is 0.267 e. The first-order valence-electron chi connectivity index (χ1n) is 12.6. The minimum absolute atomic E-state index is 0.281. The zero-order valence-electron chi connectivity index (χ0n) is 22.0. The van der Waals surface area contributed by atoms with Gasteiger partial charge < -0.3 is 5.32 Å². The normalized spacial score (nSPS) is 11.8. The molecule has 1 aromatic carbocycles. The molecule has 10 nitrogen and oxygen atoms in total. The van der Waals surface area contributed by atoms with Gasteiger partial charge in [0, 0.05) is 25.6 Å². The van der Waals surface area contributed by atoms with Gasteiger partial charge in [-0.2, -0.15) is 5.10 Å². The molecule has 1 atom stereocenters. The van der Waals surface area contributed by atoms with Gasteiger partial charge >= 0.3 is 0 Å². The molecule has 0 spiro atoms. The van der Waals surface area contributed by atoms with Crippen molar-refractivity contribution in [2.75, 3.05) is 0 Å². The number of imidazole rings is 1. The summed E-state index contributed by atoms with van der Waals surface area (Å²) in [4.78, 5) is 41.2. The van der Waals surface area contributed by atoms with Crippen molar-refractivity contribution in [3.8, 4) is 23.0 Å². The van der Waals surface area contributed by atoms with Gasteiger partial charge in [0.1, 0.15) is 23.2 Å². The lowest BCUT2D eigenvalue weighted by atomic mass is 10.0. The minimum Gasteiger partial charge on any atom is -0.344 e. The minimum atomic E-state index is -0.611. The van der Waals surface area contributed by atoms with Crippen LogP contribution in [0.1, 0.15) is 46.0 Å². The second-order valence-corrected chi connectivity index (χ2v) is 9.36. The van der Waals surface area contributed by atoms with Gasteiger partial charge in [-0.05, 0) is 37.5 Å².